The van der Waals surface area contributed by atoms with Crippen LogP contribution in [0, 0.1) is 18.7 Å². The zero-order chi connectivity index (χ0) is 25.4. The number of hydrogen-bond acceptors (Lipinski definition) is 6. The smallest absolute Gasteiger partial charge is 0.255 e. The van der Waals surface area contributed by atoms with Gasteiger partial charge in [0.05, 0.1) is 17.7 Å². The first-order valence-electron chi connectivity index (χ1n) is 12.4. The lowest BCUT2D eigenvalue weighted by Gasteiger charge is -2.15. The summed E-state index contributed by atoms with van der Waals surface area (Å²) in [7, 11) is 0. The van der Waals surface area contributed by atoms with Crippen LogP contribution in [0.4, 0.5) is 4.39 Å². The van der Waals surface area contributed by atoms with Crippen molar-refractivity contribution in [2.24, 2.45) is 5.92 Å². The Labute approximate surface area is 207 Å². The molecule has 2 aliphatic rings. The summed E-state index contributed by atoms with van der Waals surface area (Å²) in [6, 6.07) is 4.14. The summed E-state index contributed by atoms with van der Waals surface area (Å²) in [5.41, 5.74) is 2.98. The quantitative estimate of drug-likeness (QED) is 0.380. The number of carbonyl (C=O) groups is 2. The highest BCUT2D eigenvalue weighted by molar-refractivity contribution is 6.09. The third-order valence-corrected chi connectivity index (χ3v) is 6.86. The molecule has 0 radical (unpaired) electrons. The SMILES string of the molecule is Cc1[nH]c2c(-c3cc(F)ccc3OCC3CC3)ncnc2c1C(=O)N[C@H]1CC[C@H](NC(=O)[C@H](C)O)C1. The van der Waals surface area contributed by atoms with Crippen LogP contribution in [-0.2, 0) is 4.79 Å². The van der Waals surface area contributed by atoms with E-state index in [1.165, 1.54) is 25.4 Å². The number of carbonyl (C=O) groups excluding carboxylic acids is 2. The van der Waals surface area contributed by atoms with Crippen LogP contribution in [-0.4, -0.2) is 56.7 Å². The highest BCUT2D eigenvalue weighted by Crippen LogP contribution is 2.37. The maximum Gasteiger partial charge on any atom is 0.255 e. The van der Waals surface area contributed by atoms with Crippen molar-refractivity contribution in [1.29, 1.82) is 0 Å². The Hall–Kier alpha value is -3.53. The number of ether oxygens (including phenoxy) is 1. The average Bonchev–Trinajstić information content (AvgIpc) is 3.47. The van der Waals surface area contributed by atoms with Crippen LogP contribution in [0.5, 0.6) is 5.75 Å². The number of aliphatic hydroxyl groups excluding tert-OH is 1. The molecule has 9 nitrogen and oxygen atoms in total. The predicted octanol–water partition coefficient (Wildman–Crippen LogP) is 3.01. The minimum absolute atomic E-state index is 0.0996. The highest BCUT2D eigenvalue weighted by atomic mass is 19.1. The summed E-state index contributed by atoms with van der Waals surface area (Å²) in [4.78, 5) is 37.1. The summed E-state index contributed by atoms with van der Waals surface area (Å²) >= 11 is 0. The van der Waals surface area contributed by atoms with Crippen molar-refractivity contribution in [2.45, 2.75) is 64.1 Å². The Bertz CT molecular complexity index is 1300. The highest BCUT2D eigenvalue weighted by Gasteiger charge is 2.30. The number of aromatic amines is 1. The first-order chi connectivity index (χ1) is 17.3. The molecule has 5 rings (SSSR count). The number of H-pyrrole nitrogens is 1. The molecule has 2 fully saturated rings. The van der Waals surface area contributed by atoms with E-state index in [1.807, 2.05) is 0 Å². The number of nitrogens with zero attached hydrogens (tertiary/aromatic N) is 2. The molecule has 2 aliphatic carbocycles. The van der Waals surface area contributed by atoms with Crippen molar-refractivity contribution in [2.75, 3.05) is 6.61 Å². The molecule has 2 amide bonds. The monoisotopic (exact) mass is 495 g/mol. The fourth-order valence-corrected chi connectivity index (χ4v) is 4.73. The molecule has 4 N–H and O–H groups in total. The Kier molecular flexibility index (Phi) is 6.61. The number of amides is 2. The number of benzene rings is 1. The van der Waals surface area contributed by atoms with Crippen molar-refractivity contribution < 1.29 is 23.8 Å². The minimum atomic E-state index is -1.07. The van der Waals surface area contributed by atoms with Crippen molar-refractivity contribution in [3.05, 3.63) is 41.6 Å². The second-order valence-corrected chi connectivity index (χ2v) is 9.83. The van der Waals surface area contributed by atoms with Crippen LogP contribution in [0.3, 0.4) is 0 Å². The molecule has 0 unspecified atom stereocenters. The zero-order valence-corrected chi connectivity index (χ0v) is 20.3. The third-order valence-electron chi connectivity index (χ3n) is 6.86. The fraction of sp³-hybridized carbons (Fsp3) is 0.462. The number of nitrogens with one attached hydrogen (secondary N) is 3. The molecular weight excluding hydrogens is 465 g/mol. The first-order valence-corrected chi connectivity index (χ1v) is 12.4. The van der Waals surface area contributed by atoms with Crippen LogP contribution in [0.1, 0.15) is 55.1 Å². The molecule has 36 heavy (non-hydrogen) atoms. The van der Waals surface area contributed by atoms with Crippen molar-refractivity contribution in [1.82, 2.24) is 25.6 Å². The van der Waals surface area contributed by atoms with Crippen molar-refractivity contribution in [3.63, 3.8) is 0 Å². The van der Waals surface area contributed by atoms with Gasteiger partial charge in [0.25, 0.3) is 5.91 Å². The Morgan fingerprint density at radius 2 is 1.94 bits per heavy atom. The van der Waals surface area contributed by atoms with E-state index in [1.54, 1.807) is 13.0 Å². The van der Waals surface area contributed by atoms with Gasteiger partial charge in [-0.25, -0.2) is 14.4 Å². The van der Waals surface area contributed by atoms with Crippen LogP contribution >= 0.6 is 0 Å². The second kappa shape index (κ2) is 9.85. The van der Waals surface area contributed by atoms with Gasteiger partial charge < -0.3 is 25.5 Å². The molecule has 2 saturated carbocycles. The fourth-order valence-electron chi connectivity index (χ4n) is 4.73. The molecule has 0 aliphatic heterocycles. The zero-order valence-electron chi connectivity index (χ0n) is 20.3. The maximum absolute atomic E-state index is 14.2. The molecule has 3 atom stereocenters. The number of halogens is 1. The lowest BCUT2D eigenvalue weighted by atomic mass is 10.1. The van der Waals surface area contributed by atoms with Crippen LogP contribution < -0.4 is 15.4 Å². The van der Waals surface area contributed by atoms with Gasteiger partial charge in [0, 0.05) is 23.3 Å². The van der Waals surface area contributed by atoms with Gasteiger partial charge in [-0.05, 0) is 70.1 Å². The summed E-state index contributed by atoms with van der Waals surface area (Å²) in [6.07, 6.45) is 4.58. The van der Waals surface area contributed by atoms with Gasteiger partial charge in [-0.15, -0.1) is 0 Å². The van der Waals surface area contributed by atoms with Crippen LogP contribution in [0.15, 0.2) is 24.5 Å². The molecule has 0 bridgehead atoms. The molecule has 0 spiro atoms. The molecule has 1 aromatic carbocycles. The summed E-state index contributed by atoms with van der Waals surface area (Å²) in [5, 5.41) is 15.3. The van der Waals surface area contributed by atoms with E-state index in [-0.39, 0.29) is 18.0 Å². The largest absolute Gasteiger partial charge is 0.493 e. The van der Waals surface area contributed by atoms with E-state index < -0.39 is 17.8 Å². The number of hydrogen-bond donors (Lipinski definition) is 4. The topological polar surface area (TPSA) is 129 Å². The molecule has 3 aromatic rings. The van der Waals surface area contributed by atoms with E-state index in [2.05, 4.69) is 25.6 Å². The standard InChI is InChI=1S/C26H30FN5O4/c1-13-21(26(35)32-18-7-6-17(10-18)31-25(34)14(2)33)23-24(30-13)22(28-12-29-23)19-9-16(27)5-8-20(19)36-11-15-3-4-15/h5,8-9,12,14-15,17-18,30,33H,3-4,6-7,10-11H2,1-2H3,(H,31,34)(H,32,35)/t14-,17-,18-/m0/s1. The van der Waals surface area contributed by atoms with Gasteiger partial charge >= 0.3 is 0 Å². The van der Waals surface area contributed by atoms with Gasteiger partial charge in [0.15, 0.2) is 0 Å². The van der Waals surface area contributed by atoms with Gasteiger partial charge in [0.1, 0.15) is 35.2 Å². The molecule has 0 saturated heterocycles. The van der Waals surface area contributed by atoms with E-state index in [9.17, 15) is 19.1 Å². The lowest BCUT2D eigenvalue weighted by Crippen LogP contribution is -2.40. The normalized spacial score (nSPS) is 20.3. The Morgan fingerprint density at radius 3 is 2.67 bits per heavy atom. The van der Waals surface area contributed by atoms with Gasteiger partial charge in [0.2, 0.25) is 5.91 Å². The van der Waals surface area contributed by atoms with Gasteiger partial charge in [-0.3, -0.25) is 9.59 Å². The Morgan fingerprint density at radius 1 is 1.19 bits per heavy atom. The van der Waals surface area contributed by atoms with Gasteiger partial charge in [-0.2, -0.15) is 0 Å². The number of fused-ring (bicyclic) bond motifs is 1. The summed E-state index contributed by atoms with van der Waals surface area (Å²) in [5.74, 6) is -0.0261. The first kappa shape index (κ1) is 24.2. The van der Waals surface area contributed by atoms with E-state index >= 15 is 0 Å². The molecule has 2 aromatic heterocycles. The minimum Gasteiger partial charge on any atom is -0.493 e. The summed E-state index contributed by atoms with van der Waals surface area (Å²) in [6.45, 7) is 3.78. The summed E-state index contributed by atoms with van der Waals surface area (Å²) < 4.78 is 20.2. The number of rotatable bonds is 8. The van der Waals surface area contributed by atoms with Crippen LogP contribution in [0.2, 0.25) is 0 Å². The number of aromatic nitrogens is 3. The van der Waals surface area contributed by atoms with E-state index in [4.69, 9.17) is 4.74 Å². The maximum atomic E-state index is 14.2. The Balaban J connectivity index is 1.39. The third kappa shape index (κ3) is 5.04. The molecule has 190 valence electrons. The predicted molar refractivity (Wildman–Crippen MR) is 131 cm³/mol. The van der Waals surface area contributed by atoms with Gasteiger partial charge in [-0.1, -0.05) is 0 Å². The van der Waals surface area contributed by atoms with E-state index in [0.29, 0.717) is 71.1 Å². The molecule has 2 heterocycles. The lowest BCUT2D eigenvalue weighted by molar-refractivity contribution is -0.129. The molecule has 10 heteroatoms. The van der Waals surface area contributed by atoms with Crippen molar-refractivity contribution in [3.8, 4) is 17.0 Å². The number of aliphatic hydroxyl groups is 1. The van der Waals surface area contributed by atoms with Crippen LogP contribution in [0.25, 0.3) is 22.3 Å². The molecular formula is C26H30FN5O4. The number of aryl methyl sites for hydroxylation is 1. The second-order valence-electron chi connectivity index (χ2n) is 9.83. The average molecular weight is 496 g/mol. The van der Waals surface area contributed by atoms with Crippen molar-refractivity contribution >= 4 is 22.8 Å². The van der Waals surface area contributed by atoms with E-state index in [0.717, 1.165) is 12.8 Å².